The second-order valence-electron chi connectivity index (χ2n) is 6.24. The molecule has 1 aliphatic rings. The summed E-state index contributed by atoms with van der Waals surface area (Å²) >= 11 is 1.81. The first-order valence-electron chi connectivity index (χ1n) is 7.81. The largest absolute Gasteiger partial charge is 0.344 e. The van der Waals surface area contributed by atoms with E-state index < -0.39 is 0 Å². The minimum absolute atomic E-state index is 0.0923. The van der Waals surface area contributed by atoms with E-state index in [9.17, 15) is 4.79 Å². The van der Waals surface area contributed by atoms with Gasteiger partial charge in [-0.05, 0) is 45.2 Å². The molecule has 0 radical (unpaired) electrons. The van der Waals surface area contributed by atoms with Crippen LogP contribution >= 0.6 is 11.3 Å². The number of amides is 1. The number of aryl methyl sites for hydroxylation is 3. The minimum atomic E-state index is 0.0923. The van der Waals surface area contributed by atoms with Gasteiger partial charge in [-0.3, -0.25) is 4.79 Å². The predicted octanol–water partition coefficient (Wildman–Crippen LogP) is 3.29. The highest BCUT2D eigenvalue weighted by molar-refractivity contribution is 7.11. The summed E-state index contributed by atoms with van der Waals surface area (Å²) in [4.78, 5) is 20.6. The van der Waals surface area contributed by atoms with Crippen molar-refractivity contribution >= 4 is 17.2 Å². The van der Waals surface area contributed by atoms with Crippen molar-refractivity contribution in [2.45, 2.75) is 39.0 Å². The smallest absolute Gasteiger partial charge is 0.270 e. The van der Waals surface area contributed by atoms with Crippen LogP contribution in [0.4, 0.5) is 0 Å². The Kier molecular flexibility index (Phi) is 4.08. The minimum Gasteiger partial charge on any atom is -0.344 e. The zero-order valence-electron chi connectivity index (χ0n) is 13.7. The molecular weight excluding hydrogens is 294 g/mol. The van der Waals surface area contributed by atoms with Crippen LogP contribution in [0.3, 0.4) is 0 Å². The summed E-state index contributed by atoms with van der Waals surface area (Å²) in [6.45, 7) is 4.84. The van der Waals surface area contributed by atoms with Crippen molar-refractivity contribution < 1.29 is 4.79 Å². The third-order valence-corrected chi connectivity index (χ3v) is 5.66. The van der Waals surface area contributed by atoms with Crippen molar-refractivity contribution in [3.8, 4) is 0 Å². The summed E-state index contributed by atoms with van der Waals surface area (Å²) in [5, 5.41) is 1.14. The van der Waals surface area contributed by atoms with Gasteiger partial charge in [-0.25, -0.2) is 4.98 Å². The van der Waals surface area contributed by atoms with Crippen LogP contribution in [0.5, 0.6) is 0 Å². The summed E-state index contributed by atoms with van der Waals surface area (Å²) in [5.41, 5.74) is 3.09. The molecule has 0 N–H and O–H groups in total. The number of carbonyl (C=O) groups excluding carboxylic acids is 1. The summed E-state index contributed by atoms with van der Waals surface area (Å²) in [6.07, 6.45) is 3.47. The summed E-state index contributed by atoms with van der Waals surface area (Å²) in [7, 11) is 3.84. The van der Waals surface area contributed by atoms with Gasteiger partial charge in [0.25, 0.3) is 5.91 Å². The van der Waals surface area contributed by atoms with E-state index in [-0.39, 0.29) is 5.91 Å². The number of hydrogen-bond donors (Lipinski definition) is 0. The van der Waals surface area contributed by atoms with Gasteiger partial charge in [0, 0.05) is 37.1 Å². The molecule has 3 rings (SSSR count). The van der Waals surface area contributed by atoms with E-state index in [0.29, 0.717) is 5.92 Å². The molecule has 0 aliphatic heterocycles. The molecule has 1 aliphatic carbocycles. The topological polar surface area (TPSA) is 38.1 Å². The Morgan fingerprint density at radius 3 is 2.91 bits per heavy atom. The molecule has 0 aromatic carbocycles. The van der Waals surface area contributed by atoms with Crippen LogP contribution < -0.4 is 0 Å². The van der Waals surface area contributed by atoms with E-state index in [4.69, 9.17) is 4.98 Å². The molecule has 2 aromatic rings. The van der Waals surface area contributed by atoms with E-state index in [1.165, 1.54) is 17.0 Å². The van der Waals surface area contributed by atoms with E-state index in [0.717, 1.165) is 35.8 Å². The monoisotopic (exact) mass is 317 g/mol. The van der Waals surface area contributed by atoms with Gasteiger partial charge in [0.2, 0.25) is 0 Å². The number of likely N-dealkylation sites (N-methyl/N-ethyl adjacent to an activating group) is 1. The number of aromatic nitrogens is 2. The maximum Gasteiger partial charge on any atom is 0.270 e. The molecule has 118 valence electrons. The number of thiazole rings is 1. The van der Waals surface area contributed by atoms with Crippen LogP contribution in [0, 0.1) is 13.8 Å². The lowest BCUT2D eigenvalue weighted by atomic mass is 9.90. The Bertz CT molecular complexity index is 701. The molecule has 1 atom stereocenters. The van der Waals surface area contributed by atoms with Crippen molar-refractivity contribution in [2.24, 2.45) is 7.05 Å². The van der Waals surface area contributed by atoms with E-state index in [2.05, 4.69) is 6.92 Å². The average molecular weight is 317 g/mol. The summed E-state index contributed by atoms with van der Waals surface area (Å²) < 4.78 is 1.96. The second kappa shape index (κ2) is 5.88. The van der Waals surface area contributed by atoms with Gasteiger partial charge >= 0.3 is 0 Å². The lowest BCUT2D eigenvalue weighted by molar-refractivity contribution is 0.0773. The molecular formula is C17H23N3OS. The van der Waals surface area contributed by atoms with Crippen LogP contribution in [0.25, 0.3) is 0 Å². The van der Waals surface area contributed by atoms with Gasteiger partial charge in [0.1, 0.15) is 5.69 Å². The molecule has 0 unspecified atom stereocenters. The first-order valence-corrected chi connectivity index (χ1v) is 8.63. The number of carbonyl (C=O) groups is 1. The van der Waals surface area contributed by atoms with E-state index >= 15 is 0 Å². The molecule has 2 heterocycles. The maximum atomic E-state index is 12.7. The number of nitrogens with zero attached hydrogens (tertiary/aromatic N) is 3. The Morgan fingerprint density at radius 1 is 1.45 bits per heavy atom. The molecule has 5 heteroatoms. The summed E-state index contributed by atoms with van der Waals surface area (Å²) in [5.74, 6) is 0.471. The van der Waals surface area contributed by atoms with Crippen LogP contribution in [-0.4, -0.2) is 34.0 Å². The van der Waals surface area contributed by atoms with Crippen molar-refractivity contribution in [3.05, 3.63) is 39.1 Å². The highest BCUT2D eigenvalue weighted by atomic mass is 32.1. The first-order chi connectivity index (χ1) is 10.5. The maximum absolute atomic E-state index is 12.7. The van der Waals surface area contributed by atoms with Gasteiger partial charge in [0.15, 0.2) is 0 Å². The van der Waals surface area contributed by atoms with Crippen LogP contribution in [-0.2, 0) is 13.5 Å². The van der Waals surface area contributed by atoms with Crippen molar-refractivity contribution in [1.82, 2.24) is 14.5 Å². The Labute approximate surface area is 135 Å². The SMILES string of the molecule is Cc1nc2c(s1)CCC[C@H]2CN(C)C(=O)c1ccc(C)n1C. The Morgan fingerprint density at radius 2 is 2.23 bits per heavy atom. The fourth-order valence-electron chi connectivity index (χ4n) is 3.24. The second-order valence-corrected chi connectivity index (χ2v) is 7.52. The standard InChI is InChI=1S/C17H23N3OS/c1-11-8-9-14(20(11)4)17(21)19(3)10-13-6-5-7-15-16(13)18-12(2)22-15/h8-9,13H,5-7,10H2,1-4H3/t13-/m0/s1. The fraction of sp³-hybridized carbons (Fsp3) is 0.529. The van der Waals surface area contributed by atoms with Crippen molar-refractivity contribution in [1.29, 1.82) is 0 Å². The van der Waals surface area contributed by atoms with E-state index in [1.54, 1.807) is 0 Å². The van der Waals surface area contributed by atoms with Crippen molar-refractivity contribution in [3.63, 3.8) is 0 Å². The molecule has 1 amide bonds. The lowest BCUT2D eigenvalue weighted by Gasteiger charge is -2.26. The third kappa shape index (κ3) is 2.70. The van der Waals surface area contributed by atoms with Gasteiger partial charge in [-0.2, -0.15) is 0 Å². The molecule has 0 fully saturated rings. The quantitative estimate of drug-likeness (QED) is 0.871. The van der Waals surface area contributed by atoms with Crippen molar-refractivity contribution in [2.75, 3.05) is 13.6 Å². The summed E-state index contributed by atoms with van der Waals surface area (Å²) in [6, 6.07) is 3.90. The molecule has 4 nitrogen and oxygen atoms in total. The van der Waals surface area contributed by atoms with Gasteiger partial charge < -0.3 is 9.47 Å². The Hall–Kier alpha value is -1.62. The zero-order valence-corrected chi connectivity index (χ0v) is 14.5. The van der Waals surface area contributed by atoms with Gasteiger partial charge in [-0.15, -0.1) is 11.3 Å². The average Bonchev–Trinajstić information content (AvgIpc) is 3.02. The van der Waals surface area contributed by atoms with Gasteiger partial charge in [0.05, 0.1) is 10.7 Å². The molecule has 0 saturated heterocycles. The van der Waals surface area contributed by atoms with Gasteiger partial charge in [-0.1, -0.05) is 0 Å². The number of hydrogen-bond acceptors (Lipinski definition) is 3. The third-order valence-electron chi connectivity index (χ3n) is 4.61. The molecule has 2 aromatic heterocycles. The molecule has 0 saturated carbocycles. The van der Waals surface area contributed by atoms with Crippen LogP contribution in [0.2, 0.25) is 0 Å². The lowest BCUT2D eigenvalue weighted by Crippen LogP contribution is -2.33. The normalized spacial score (nSPS) is 17.4. The Balaban J connectivity index is 1.76. The number of rotatable bonds is 3. The molecule has 0 spiro atoms. The van der Waals surface area contributed by atoms with Crippen LogP contribution in [0.1, 0.15) is 50.5 Å². The zero-order chi connectivity index (χ0) is 15.9. The number of fused-ring (bicyclic) bond motifs is 1. The van der Waals surface area contributed by atoms with E-state index in [1.807, 2.05) is 54.0 Å². The molecule has 0 bridgehead atoms. The first kappa shape index (κ1) is 15.3. The predicted molar refractivity (Wildman–Crippen MR) is 89.6 cm³/mol. The highest BCUT2D eigenvalue weighted by Gasteiger charge is 2.27. The highest BCUT2D eigenvalue weighted by Crippen LogP contribution is 2.35. The fourth-order valence-corrected chi connectivity index (χ4v) is 4.31. The molecule has 22 heavy (non-hydrogen) atoms. The van der Waals surface area contributed by atoms with Crippen LogP contribution in [0.15, 0.2) is 12.1 Å².